The van der Waals surface area contributed by atoms with Crippen LogP contribution in [0.4, 0.5) is 4.39 Å². The molecule has 0 saturated heterocycles. The van der Waals surface area contributed by atoms with E-state index in [-0.39, 0.29) is 5.82 Å². The van der Waals surface area contributed by atoms with E-state index in [1.54, 1.807) is 12.1 Å². The van der Waals surface area contributed by atoms with E-state index in [0.29, 0.717) is 29.6 Å². The minimum atomic E-state index is -1.09. The molecule has 3 rings (SSSR count). The van der Waals surface area contributed by atoms with Gasteiger partial charge in [-0.1, -0.05) is 37.3 Å². The van der Waals surface area contributed by atoms with E-state index in [4.69, 9.17) is 4.42 Å². The molecule has 1 unspecified atom stereocenters. The summed E-state index contributed by atoms with van der Waals surface area (Å²) in [5.74, 6) is 0.174. The first-order chi connectivity index (χ1) is 10.1. The Balaban J connectivity index is 2.00. The molecule has 1 heterocycles. The van der Waals surface area contributed by atoms with Gasteiger partial charge < -0.3 is 9.52 Å². The second-order valence-corrected chi connectivity index (χ2v) is 5.34. The number of benzene rings is 2. The molecule has 2 aromatic carbocycles. The number of furan rings is 1. The molecule has 3 heteroatoms. The summed E-state index contributed by atoms with van der Waals surface area (Å²) in [6, 6.07) is 15.9. The van der Waals surface area contributed by atoms with Crippen LogP contribution in [0.25, 0.3) is 11.0 Å². The normalized spacial score (nSPS) is 14.2. The third-order valence-electron chi connectivity index (χ3n) is 3.86. The van der Waals surface area contributed by atoms with Gasteiger partial charge in [0, 0.05) is 11.8 Å². The third kappa shape index (κ3) is 2.69. The smallest absolute Gasteiger partial charge is 0.137 e. The van der Waals surface area contributed by atoms with Crippen LogP contribution < -0.4 is 0 Å². The van der Waals surface area contributed by atoms with Gasteiger partial charge >= 0.3 is 0 Å². The summed E-state index contributed by atoms with van der Waals surface area (Å²) < 4.78 is 19.0. The van der Waals surface area contributed by atoms with Crippen LogP contribution in [0.15, 0.2) is 59.0 Å². The highest BCUT2D eigenvalue weighted by Crippen LogP contribution is 2.33. The van der Waals surface area contributed by atoms with Gasteiger partial charge in [0.2, 0.25) is 0 Å². The standard InChI is InChI=1S/C18H17FO2/c1-2-18(20,12-13-6-4-3-5-7-13)17-11-14-10-15(19)8-9-16(14)21-17/h3-11,20H,2,12H2,1H3. The highest BCUT2D eigenvalue weighted by Gasteiger charge is 2.31. The number of rotatable bonds is 4. The molecule has 21 heavy (non-hydrogen) atoms. The lowest BCUT2D eigenvalue weighted by Crippen LogP contribution is -2.27. The Morgan fingerprint density at radius 1 is 1.10 bits per heavy atom. The van der Waals surface area contributed by atoms with Crippen molar-refractivity contribution in [2.45, 2.75) is 25.4 Å². The molecular weight excluding hydrogens is 267 g/mol. The molecule has 0 bridgehead atoms. The van der Waals surface area contributed by atoms with E-state index in [1.165, 1.54) is 12.1 Å². The van der Waals surface area contributed by atoms with Crippen molar-refractivity contribution in [2.24, 2.45) is 0 Å². The van der Waals surface area contributed by atoms with E-state index in [9.17, 15) is 9.50 Å². The van der Waals surface area contributed by atoms with E-state index in [2.05, 4.69) is 0 Å². The summed E-state index contributed by atoms with van der Waals surface area (Å²) in [5, 5.41) is 11.6. The minimum Gasteiger partial charge on any atom is -0.458 e. The summed E-state index contributed by atoms with van der Waals surface area (Å²) in [4.78, 5) is 0. The first-order valence-corrected chi connectivity index (χ1v) is 7.06. The maximum absolute atomic E-state index is 13.3. The molecule has 1 aromatic heterocycles. The summed E-state index contributed by atoms with van der Waals surface area (Å²) >= 11 is 0. The number of hydrogen-bond donors (Lipinski definition) is 1. The van der Waals surface area contributed by atoms with Crippen LogP contribution in [0.5, 0.6) is 0 Å². The van der Waals surface area contributed by atoms with Gasteiger partial charge in [0.25, 0.3) is 0 Å². The number of aliphatic hydroxyl groups is 1. The molecule has 0 aliphatic rings. The predicted octanol–water partition coefficient (Wildman–Crippen LogP) is 4.41. The molecular formula is C18H17FO2. The lowest BCUT2D eigenvalue weighted by atomic mass is 9.89. The van der Waals surface area contributed by atoms with E-state index >= 15 is 0 Å². The molecule has 0 aliphatic heterocycles. The predicted molar refractivity (Wildman–Crippen MR) is 80.5 cm³/mol. The quantitative estimate of drug-likeness (QED) is 0.769. The minimum absolute atomic E-state index is 0.307. The molecule has 1 N–H and O–H groups in total. The van der Waals surface area contributed by atoms with Crippen LogP contribution in [-0.2, 0) is 12.0 Å². The van der Waals surface area contributed by atoms with Crippen LogP contribution in [0.2, 0.25) is 0 Å². The lowest BCUT2D eigenvalue weighted by Gasteiger charge is -2.24. The highest BCUT2D eigenvalue weighted by molar-refractivity contribution is 5.78. The molecule has 3 aromatic rings. The Morgan fingerprint density at radius 2 is 1.86 bits per heavy atom. The molecule has 108 valence electrons. The van der Waals surface area contributed by atoms with Gasteiger partial charge in [0.05, 0.1) is 0 Å². The number of hydrogen-bond acceptors (Lipinski definition) is 2. The summed E-state index contributed by atoms with van der Waals surface area (Å²) in [5.41, 5.74) is 0.538. The van der Waals surface area contributed by atoms with Crippen molar-refractivity contribution in [1.82, 2.24) is 0 Å². The number of halogens is 1. The van der Waals surface area contributed by atoms with Crippen LogP contribution in [0.1, 0.15) is 24.7 Å². The van der Waals surface area contributed by atoms with Gasteiger partial charge in [-0.25, -0.2) is 4.39 Å². The Labute approximate surface area is 122 Å². The maximum atomic E-state index is 13.3. The average Bonchev–Trinajstić information content (AvgIpc) is 2.92. The maximum Gasteiger partial charge on any atom is 0.137 e. The molecule has 0 spiro atoms. The van der Waals surface area contributed by atoms with Crippen molar-refractivity contribution in [3.63, 3.8) is 0 Å². The van der Waals surface area contributed by atoms with E-state index in [0.717, 1.165) is 5.56 Å². The molecule has 0 amide bonds. The zero-order chi connectivity index (χ0) is 14.9. The molecule has 0 saturated carbocycles. The second kappa shape index (κ2) is 5.34. The fourth-order valence-corrected chi connectivity index (χ4v) is 2.56. The van der Waals surface area contributed by atoms with Gasteiger partial charge in [-0.15, -0.1) is 0 Å². The molecule has 0 fully saturated rings. The van der Waals surface area contributed by atoms with Gasteiger partial charge in [-0.2, -0.15) is 0 Å². The fourth-order valence-electron chi connectivity index (χ4n) is 2.56. The van der Waals surface area contributed by atoms with E-state index < -0.39 is 5.60 Å². The third-order valence-corrected chi connectivity index (χ3v) is 3.86. The zero-order valence-electron chi connectivity index (χ0n) is 11.8. The first kappa shape index (κ1) is 13.8. The fraction of sp³-hybridized carbons (Fsp3) is 0.222. The lowest BCUT2D eigenvalue weighted by molar-refractivity contribution is 0.0124. The van der Waals surface area contributed by atoms with Gasteiger partial charge in [-0.05, 0) is 36.2 Å². The first-order valence-electron chi connectivity index (χ1n) is 7.06. The molecule has 0 radical (unpaired) electrons. The van der Waals surface area contributed by atoms with Crippen molar-refractivity contribution in [2.75, 3.05) is 0 Å². The Kier molecular flexibility index (Phi) is 3.52. The summed E-state index contributed by atoms with van der Waals surface area (Å²) in [6.45, 7) is 1.91. The largest absolute Gasteiger partial charge is 0.458 e. The van der Waals surface area contributed by atoms with Gasteiger partial charge in [0.15, 0.2) is 0 Å². The zero-order valence-corrected chi connectivity index (χ0v) is 11.8. The van der Waals surface area contributed by atoms with Crippen molar-refractivity contribution >= 4 is 11.0 Å². The Morgan fingerprint density at radius 3 is 2.57 bits per heavy atom. The molecule has 2 nitrogen and oxygen atoms in total. The van der Waals surface area contributed by atoms with Crippen molar-refractivity contribution < 1.29 is 13.9 Å². The Hall–Kier alpha value is -2.13. The summed E-state index contributed by atoms with van der Waals surface area (Å²) in [7, 11) is 0. The van der Waals surface area contributed by atoms with Crippen molar-refractivity contribution in [1.29, 1.82) is 0 Å². The molecule has 0 aliphatic carbocycles. The van der Waals surface area contributed by atoms with Crippen molar-refractivity contribution in [3.8, 4) is 0 Å². The van der Waals surface area contributed by atoms with Crippen LogP contribution in [0.3, 0.4) is 0 Å². The SMILES string of the molecule is CCC(O)(Cc1ccccc1)c1cc2cc(F)ccc2o1. The van der Waals surface area contributed by atoms with Crippen LogP contribution >= 0.6 is 0 Å². The average molecular weight is 284 g/mol. The van der Waals surface area contributed by atoms with Crippen LogP contribution in [-0.4, -0.2) is 5.11 Å². The van der Waals surface area contributed by atoms with Gasteiger partial charge in [0.1, 0.15) is 22.8 Å². The van der Waals surface area contributed by atoms with Crippen LogP contribution in [0, 0.1) is 5.82 Å². The molecule has 1 atom stereocenters. The second-order valence-electron chi connectivity index (χ2n) is 5.34. The summed E-state index contributed by atoms with van der Waals surface area (Å²) in [6.07, 6.45) is 0.983. The van der Waals surface area contributed by atoms with Crippen molar-refractivity contribution in [3.05, 3.63) is 71.7 Å². The monoisotopic (exact) mass is 284 g/mol. The Bertz CT molecular complexity index is 748. The number of fused-ring (bicyclic) bond motifs is 1. The van der Waals surface area contributed by atoms with Gasteiger partial charge in [-0.3, -0.25) is 0 Å². The van der Waals surface area contributed by atoms with E-state index in [1.807, 2.05) is 37.3 Å². The topological polar surface area (TPSA) is 33.4 Å². The highest BCUT2D eigenvalue weighted by atomic mass is 19.1.